The van der Waals surface area contributed by atoms with Crippen LogP contribution in [0.4, 0.5) is 0 Å². The van der Waals surface area contributed by atoms with Crippen LogP contribution in [-0.2, 0) is 21.9 Å². The van der Waals surface area contributed by atoms with Crippen LogP contribution in [0.15, 0.2) is 46.3 Å². The van der Waals surface area contributed by atoms with Crippen molar-refractivity contribution in [2.75, 3.05) is 13.7 Å². The molecular formula is C21H22ClN3O4S2. The summed E-state index contributed by atoms with van der Waals surface area (Å²) in [6, 6.07) is 9.07. The fourth-order valence-electron chi connectivity index (χ4n) is 3.84. The van der Waals surface area contributed by atoms with Crippen molar-refractivity contribution in [1.29, 1.82) is 0 Å². The van der Waals surface area contributed by atoms with Crippen LogP contribution >= 0.6 is 22.9 Å². The van der Waals surface area contributed by atoms with Crippen LogP contribution in [-0.4, -0.2) is 42.9 Å². The summed E-state index contributed by atoms with van der Waals surface area (Å²) in [4.78, 5) is 18.0. The molecule has 1 atom stereocenters. The standard InChI is InChI=1S/C21H22ClN3O4S2/c1-13-6-11-16(22)19-18(13)24(2)21(30-19)23-20(26)17-5-4-12-25(17)31(27,28)15-9-7-14(29-3)8-10-15/h6-11,17H,4-5,12H2,1-3H3. The largest absolute Gasteiger partial charge is 0.497 e. The topological polar surface area (TPSA) is 81.0 Å². The van der Waals surface area contributed by atoms with Gasteiger partial charge >= 0.3 is 0 Å². The third-order valence-corrected chi connectivity index (χ3v) is 8.98. The zero-order chi connectivity index (χ0) is 22.3. The van der Waals surface area contributed by atoms with E-state index < -0.39 is 22.0 Å². The van der Waals surface area contributed by atoms with Crippen molar-refractivity contribution in [2.45, 2.75) is 30.7 Å². The van der Waals surface area contributed by atoms with E-state index in [2.05, 4.69) is 4.99 Å². The first kappa shape index (κ1) is 22.0. The number of amides is 1. The number of fused-ring (bicyclic) bond motifs is 1. The van der Waals surface area contributed by atoms with E-state index in [0.717, 1.165) is 15.8 Å². The maximum Gasteiger partial charge on any atom is 0.266 e. The Balaban J connectivity index is 1.70. The Kier molecular flexibility index (Phi) is 5.95. The van der Waals surface area contributed by atoms with Crippen LogP contribution < -0.4 is 9.54 Å². The minimum atomic E-state index is -3.83. The predicted molar refractivity (Wildman–Crippen MR) is 121 cm³/mol. The average Bonchev–Trinajstić information content (AvgIpc) is 3.37. The molecule has 164 valence electrons. The van der Waals surface area contributed by atoms with Gasteiger partial charge in [-0.05, 0) is 55.7 Å². The van der Waals surface area contributed by atoms with Crippen molar-refractivity contribution >= 4 is 49.1 Å². The highest BCUT2D eigenvalue weighted by molar-refractivity contribution is 7.89. The Labute approximate surface area is 189 Å². The van der Waals surface area contributed by atoms with Crippen LogP contribution in [0, 0.1) is 6.92 Å². The lowest BCUT2D eigenvalue weighted by molar-refractivity contribution is -0.121. The summed E-state index contributed by atoms with van der Waals surface area (Å²) >= 11 is 7.65. The second kappa shape index (κ2) is 8.38. The molecule has 1 amide bonds. The zero-order valence-electron chi connectivity index (χ0n) is 17.3. The Morgan fingerprint density at radius 2 is 1.94 bits per heavy atom. The number of methoxy groups -OCH3 is 1. The summed E-state index contributed by atoms with van der Waals surface area (Å²) in [6.07, 6.45) is 1.04. The molecule has 4 rings (SSSR count). The molecular weight excluding hydrogens is 458 g/mol. The van der Waals surface area contributed by atoms with Gasteiger partial charge < -0.3 is 9.30 Å². The van der Waals surface area contributed by atoms with Crippen molar-refractivity contribution in [3.63, 3.8) is 0 Å². The molecule has 2 heterocycles. The van der Waals surface area contributed by atoms with Crippen molar-refractivity contribution in [3.05, 3.63) is 51.8 Å². The maximum absolute atomic E-state index is 13.2. The molecule has 0 bridgehead atoms. The molecule has 1 unspecified atom stereocenters. The molecule has 31 heavy (non-hydrogen) atoms. The van der Waals surface area contributed by atoms with Crippen LogP contribution in [0.5, 0.6) is 5.75 Å². The molecule has 1 fully saturated rings. The zero-order valence-corrected chi connectivity index (χ0v) is 19.7. The number of hydrogen-bond acceptors (Lipinski definition) is 5. The van der Waals surface area contributed by atoms with Gasteiger partial charge in [-0.25, -0.2) is 8.42 Å². The highest BCUT2D eigenvalue weighted by atomic mass is 35.5. The molecule has 1 aliphatic rings. The molecule has 0 radical (unpaired) electrons. The minimum Gasteiger partial charge on any atom is -0.497 e. The second-order valence-electron chi connectivity index (χ2n) is 7.39. The molecule has 0 saturated carbocycles. The first-order valence-corrected chi connectivity index (χ1v) is 12.4. The van der Waals surface area contributed by atoms with E-state index in [-0.39, 0.29) is 11.4 Å². The van der Waals surface area contributed by atoms with Gasteiger partial charge in [0.2, 0.25) is 10.0 Å². The van der Waals surface area contributed by atoms with Crippen molar-refractivity contribution in [3.8, 4) is 5.75 Å². The Bertz CT molecular complexity index is 1330. The molecule has 1 aliphatic heterocycles. The van der Waals surface area contributed by atoms with E-state index in [9.17, 15) is 13.2 Å². The third-order valence-electron chi connectivity index (χ3n) is 5.46. The molecule has 1 saturated heterocycles. The fourth-order valence-corrected chi connectivity index (χ4v) is 6.86. The number of ether oxygens (including phenoxy) is 1. The lowest BCUT2D eigenvalue weighted by Gasteiger charge is -2.21. The van der Waals surface area contributed by atoms with Crippen LogP contribution in [0.1, 0.15) is 18.4 Å². The van der Waals surface area contributed by atoms with E-state index in [1.54, 1.807) is 12.1 Å². The van der Waals surface area contributed by atoms with Crippen LogP contribution in [0.3, 0.4) is 0 Å². The van der Waals surface area contributed by atoms with Gasteiger partial charge in [0.25, 0.3) is 5.91 Å². The van der Waals surface area contributed by atoms with Gasteiger partial charge in [0.1, 0.15) is 11.8 Å². The van der Waals surface area contributed by atoms with Gasteiger partial charge in [0.05, 0.1) is 27.2 Å². The molecule has 1 aromatic heterocycles. The number of sulfonamides is 1. The molecule has 7 nitrogen and oxygen atoms in total. The van der Waals surface area contributed by atoms with E-state index in [1.165, 1.54) is 34.9 Å². The number of rotatable bonds is 4. The van der Waals surface area contributed by atoms with Crippen LogP contribution in [0.2, 0.25) is 5.02 Å². The number of thiazole rings is 1. The number of benzene rings is 2. The minimum absolute atomic E-state index is 0.128. The van der Waals surface area contributed by atoms with Crippen molar-refractivity contribution in [1.82, 2.24) is 8.87 Å². The summed E-state index contributed by atoms with van der Waals surface area (Å²) in [5.41, 5.74) is 1.94. The van der Waals surface area contributed by atoms with Crippen LogP contribution in [0.25, 0.3) is 10.2 Å². The number of carbonyl (C=O) groups is 1. The lowest BCUT2D eigenvalue weighted by atomic mass is 10.2. The number of carbonyl (C=O) groups excluding carboxylic acids is 1. The lowest BCUT2D eigenvalue weighted by Crippen LogP contribution is -2.40. The molecule has 10 heteroatoms. The first-order chi connectivity index (χ1) is 14.7. The van der Waals surface area contributed by atoms with E-state index in [1.807, 2.05) is 30.7 Å². The second-order valence-corrected chi connectivity index (χ2v) is 10.7. The number of halogens is 1. The number of aromatic nitrogens is 1. The summed E-state index contributed by atoms with van der Waals surface area (Å²) in [5, 5.41) is 0.597. The summed E-state index contributed by atoms with van der Waals surface area (Å²) < 4.78 is 35.4. The predicted octanol–water partition coefficient (Wildman–Crippen LogP) is 3.49. The van der Waals surface area contributed by atoms with Crippen molar-refractivity contribution < 1.29 is 17.9 Å². The Morgan fingerprint density at radius 1 is 1.23 bits per heavy atom. The molecule has 2 aromatic carbocycles. The van der Waals surface area contributed by atoms with Crippen molar-refractivity contribution in [2.24, 2.45) is 12.0 Å². The van der Waals surface area contributed by atoms with E-state index in [0.29, 0.717) is 28.4 Å². The van der Waals surface area contributed by atoms with E-state index in [4.69, 9.17) is 16.3 Å². The number of nitrogens with zero attached hydrogens (tertiary/aromatic N) is 3. The monoisotopic (exact) mass is 479 g/mol. The average molecular weight is 480 g/mol. The molecule has 0 spiro atoms. The van der Waals surface area contributed by atoms with Gasteiger partial charge in [-0.1, -0.05) is 29.0 Å². The Hall–Kier alpha value is -2.20. The van der Waals surface area contributed by atoms with Gasteiger partial charge in [0, 0.05) is 13.6 Å². The number of aryl methyl sites for hydroxylation is 2. The van der Waals surface area contributed by atoms with Gasteiger partial charge in [-0.2, -0.15) is 9.30 Å². The highest BCUT2D eigenvalue weighted by Crippen LogP contribution is 2.30. The van der Waals surface area contributed by atoms with Gasteiger partial charge in [-0.15, -0.1) is 0 Å². The molecule has 0 N–H and O–H groups in total. The fraction of sp³-hybridized carbons (Fsp3) is 0.333. The summed E-state index contributed by atoms with van der Waals surface area (Å²) in [6.45, 7) is 2.25. The van der Waals surface area contributed by atoms with Gasteiger partial charge in [-0.3, -0.25) is 4.79 Å². The quantitative estimate of drug-likeness (QED) is 0.573. The number of hydrogen-bond donors (Lipinski definition) is 0. The highest BCUT2D eigenvalue weighted by Gasteiger charge is 2.39. The summed E-state index contributed by atoms with van der Waals surface area (Å²) in [5.74, 6) is 0.0970. The smallest absolute Gasteiger partial charge is 0.266 e. The maximum atomic E-state index is 13.2. The normalized spacial score (nSPS) is 18.1. The molecule has 0 aliphatic carbocycles. The Morgan fingerprint density at radius 3 is 2.58 bits per heavy atom. The van der Waals surface area contributed by atoms with Gasteiger partial charge in [0.15, 0.2) is 4.80 Å². The summed E-state index contributed by atoms with van der Waals surface area (Å²) in [7, 11) is -0.481. The first-order valence-electron chi connectivity index (χ1n) is 9.73. The third kappa shape index (κ3) is 3.91. The molecule has 3 aromatic rings. The van der Waals surface area contributed by atoms with E-state index >= 15 is 0 Å². The SMILES string of the molecule is COc1ccc(S(=O)(=O)N2CCCC2C(=O)N=c2sc3c(Cl)ccc(C)c3n2C)cc1.